The van der Waals surface area contributed by atoms with Crippen molar-refractivity contribution in [2.75, 3.05) is 13.2 Å². The lowest BCUT2D eigenvalue weighted by molar-refractivity contribution is -0.120. The molecular formula is C15H18O4S. The summed E-state index contributed by atoms with van der Waals surface area (Å²) in [5, 5.41) is -0.0546. The summed E-state index contributed by atoms with van der Waals surface area (Å²) in [4.78, 5) is 12.2. The van der Waals surface area contributed by atoms with E-state index in [1.165, 1.54) is 0 Å². The highest BCUT2D eigenvalue weighted by Crippen LogP contribution is 2.33. The lowest BCUT2D eigenvalue weighted by Gasteiger charge is -2.20. The maximum Gasteiger partial charge on any atom is 0.162 e. The summed E-state index contributed by atoms with van der Waals surface area (Å²) >= 11 is 0. The van der Waals surface area contributed by atoms with E-state index in [9.17, 15) is 9.00 Å². The van der Waals surface area contributed by atoms with E-state index >= 15 is 0 Å². The highest BCUT2D eigenvalue weighted by molar-refractivity contribution is 7.85. The Kier molecular flexibility index (Phi) is 4.05. The molecule has 1 aliphatic heterocycles. The summed E-state index contributed by atoms with van der Waals surface area (Å²) < 4.78 is 23.8. The number of ketones is 1. The average Bonchev–Trinajstić information content (AvgIpc) is 2.71. The first kappa shape index (κ1) is 13.6. The Morgan fingerprint density at radius 1 is 1.10 bits per heavy atom. The molecule has 0 spiro atoms. The molecule has 1 aromatic rings. The molecular weight excluding hydrogens is 276 g/mol. The highest BCUT2D eigenvalue weighted by atomic mass is 32.2. The molecule has 0 radical (unpaired) electrons. The second-order valence-electron chi connectivity index (χ2n) is 5.21. The fourth-order valence-electron chi connectivity index (χ4n) is 2.63. The SMILES string of the molecule is O=C1CCCC(S(=O)c2ccc3c(c2)OCCCO3)C1. The molecule has 0 saturated heterocycles. The zero-order valence-electron chi connectivity index (χ0n) is 11.3. The fraction of sp³-hybridized carbons (Fsp3) is 0.533. The lowest BCUT2D eigenvalue weighted by Crippen LogP contribution is -2.24. The molecule has 0 aromatic heterocycles. The van der Waals surface area contributed by atoms with Crippen LogP contribution in [-0.4, -0.2) is 28.5 Å². The van der Waals surface area contributed by atoms with Gasteiger partial charge in [-0.15, -0.1) is 0 Å². The molecule has 4 nitrogen and oxygen atoms in total. The predicted molar refractivity (Wildman–Crippen MR) is 75.7 cm³/mol. The number of fused-ring (bicyclic) bond motifs is 1. The van der Waals surface area contributed by atoms with Gasteiger partial charge in [-0.2, -0.15) is 0 Å². The maximum atomic E-state index is 12.6. The van der Waals surface area contributed by atoms with Gasteiger partial charge in [0.2, 0.25) is 0 Å². The Bertz CT molecular complexity index is 541. The van der Waals surface area contributed by atoms with Crippen molar-refractivity contribution in [3.63, 3.8) is 0 Å². The van der Waals surface area contributed by atoms with Gasteiger partial charge < -0.3 is 9.47 Å². The lowest BCUT2D eigenvalue weighted by atomic mass is 9.99. The van der Waals surface area contributed by atoms with Gasteiger partial charge in [0.1, 0.15) is 5.78 Å². The first-order chi connectivity index (χ1) is 9.74. The van der Waals surface area contributed by atoms with Crippen LogP contribution in [0.1, 0.15) is 32.1 Å². The van der Waals surface area contributed by atoms with Crippen LogP contribution in [0.3, 0.4) is 0 Å². The van der Waals surface area contributed by atoms with Crippen LogP contribution in [0.25, 0.3) is 0 Å². The molecule has 2 unspecified atom stereocenters. The Balaban J connectivity index is 1.81. The molecule has 1 aliphatic carbocycles. The van der Waals surface area contributed by atoms with Crippen LogP contribution >= 0.6 is 0 Å². The second-order valence-corrected chi connectivity index (χ2v) is 6.95. The van der Waals surface area contributed by atoms with E-state index in [4.69, 9.17) is 9.47 Å². The van der Waals surface area contributed by atoms with Crippen LogP contribution < -0.4 is 9.47 Å². The minimum Gasteiger partial charge on any atom is -0.490 e. The van der Waals surface area contributed by atoms with Gasteiger partial charge in [-0.25, -0.2) is 0 Å². The number of Topliss-reactive ketones (excluding diaryl/α,β-unsaturated/α-hetero) is 1. The topological polar surface area (TPSA) is 52.6 Å². The smallest absolute Gasteiger partial charge is 0.162 e. The van der Waals surface area contributed by atoms with Crippen molar-refractivity contribution in [2.24, 2.45) is 0 Å². The number of rotatable bonds is 2. The summed E-state index contributed by atoms with van der Waals surface area (Å²) in [6.45, 7) is 1.26. The normalized spacial score (nSPS) is 24.0. The Labute approximate surface area is 120 Å². The van der Waals surface area contributed by atoms with Crippen molar-refractivity contribution < 1.29 is 18.5 Å². The van der Waals surface area contributed by atoms with E-state index in [0.29, 0.717) is 37.6 Å². The van der Waals surface area contributed by atoms with Crippen molar-refractivity contribution in [3.8, 4) is 11.5 Å². The highest BCUT2D eigenvalue weighted by Gasteiger charge is 2.26. The first-order valence-electron chi connectivity index (χ1n) is 7.06. The molecule has 1 aromatic carbocycles. The second kappa shape index (κ2) is 5.95. The number of carbonyl (C=O) groups is 1. The van der Waals surface area contributed by atoms with Gasteiger partial charge in [0.15, 0.2) is 11.5 Å². The van der Waals surface area contributed by atoms with Gasteiger partial charge in [0.25, 0.3) is 0 Å². The van der Waals surface area contributed by atoms with Gasteiger partial charge in [-0.05, 0) is 25.0 Å². The minimum atomic E-state index is -1.15. The summed E-state index contributed by atoms with van der Waals surface area (Å²) in [5.41, 5.74) is 0. The number of hydrogen-bond donors (Lipinski definition) is 0. The van der Waals surface area contributed by atoms with Gasteiger partial charge in [0.05, 0.1) is 24.0 Å². The van der Waals surface area contributed by atoms with Gasteiger partial charge in [-0.1, -0.05) is 0 Å². The number of ether oxygens (including phenoxy) is 2. The van der Waals surface area contributed by atoms with Crippen LogP contribution in [-0.2, 0) is 15.6 Å². The molecule has 108 valence electrons. The third-order valence-corrected chi connectivity index (χ3v) is 5.42. The molecule has 0 amide bonds. The molecule has 2 aliphatic rings. The molecule has 1 saturated carbocycles. The Morgan fingerprint density at radius 3 is 2.70 bits per heavy atom. The largest absolute Gasteiger partial charge is 0.490 e. The van der Waals surface area contributed by atoms with Gasteiger partial charge >= 0.3 is 0 Å². The predicted octanol–water partition coefficient (Wildman–Crippen LogP) is 2.47. The monoisotopic (exact) mass is 294 g/mol. The molecule has 0 N–H and O–H groups in total. The fourth-order valence-corrected chi connectivity index (χ4v) is 4.16. The third kappa shape index (κ3) is 2.87. The zero-order valence-corrected chi connectivity index (χ0v) is 12.1. The van der Waals surface area contributed by atoms with Crippen molar-refractivity contribution in [3.05, 3.63) is 18.2 Å². The molecule has 1 heterocycles. The van der Waals surface area contributed by atoms with Crippen LogP contribution in [0.2, 0.25) is 0 Å². The first-order valence-corrected chi connectivity index (χ1v) is 8.27. The Hall–Kier alpha value is -1.36. The van der Waals surface area contributed by atoms with Crippen molar-refractivity contribution in [1.29, 1.82) is 0 Å². The molecule has 2 atom stereocenters. The number of carbonyl (C=O) groups excluding carboxylic acids is 1. The molecule has 20 heavy (non-hydrogen) atoms. The van der Waals surface area contributed by atoms with E-state index in [2.05, 4.69) is 0 Å². The average molecular weight is 294 g/mol. The molecule has 5 heteroatoms. The summed E-state index contributed by atoms with van der Waals surface area (Å²) in [5.74, 6) is 1.60. The Morgan fingerprint density at radius 2 is 1.90 bits per heavy atom. The van der Waals surface area contributed by atoms with Crippen molar-refractivity contribution in [2.45, 2.75) is 42.2 Å². The van der Waals surface area contributed by atoms with E-state index in [1.807, 2.05) is 12.1 Å². The molecule has 1 fully saturated rings. The van der Waals surface area contributed by atoms with Crippen LogP contribution in [0.5, 0.6) is 11.5 Å². The van der Waals surface area contributed by atoms with Crippen LogP contribution in [0, 0.1) is 0 Å². The summed E-state index contributed by atoms with van der Waals surface area (Å²) in [6, 6.07) is 5.44. The summed E-state index contributed by atoms with van der Waals surface area (Å²) in [7, 11) is -1.15. The number of benzene rings is 1. The van der Waals surface area contributed by atoms with Gasteiger partial charge in [-0.3, -0.25) is 9.00 Å². The van der Waals surface area contributed by atoms with Crippen LogP contribution in [0.4, 0.5) is 0 Å². The zero-order chi connectivity index (χ0) is 13.9. The quantitative estimate of drug-likeness (QED) is 0.841. The van der Waals surface area contributed by atoms with Gasteiger partial charge in [0, 0.05) is 35.5 Å². The number of hydrogen-bond acceptors (Lipinski definition) is 4. The molecule has 3 rings (SSSR count). The molecule has 0 bridgehead atoms. The van der Waals surface area contributed by atoms with Crippen LogP contribution in [0.15, 0.2) is 23.1 Å². The summed E-state index contributed by atoms with van der Waals surface area (Å²) in [6.07, 6.45) is 3.62. The maximum absolute atomic E-state index is 12.6. The van der Waals surface area contributed by atoms with E-state index in [-0.39, 0.29) is 11.0 Å². The minimum absolute atomic E-state index is 0.0546. The van der Waals surface area contributed by atoms with E-state index < -0.39 is 10.8 Å². The third-order valence-electron chi connectivity index (χ3n) is 3.69. The van der Waals surface area contributed by atoms with E-state index in [0.717, 1.165) is 24.2 Å². The van der Waals surface area contributed by atoms with Crippen molar-refractivity contribution in [1.82, 2.24) is 0 Å². The van der Waals surface area contributed by atoms with E-state index in [1.54, 1.807) is 6.07 Å². The van der Waals surface area contributed by atoms with Crippen molar-refractivity contribution >= 4 is 16.6 Å². The standard InChI is InChI=1S/C15H18O4S/c16-11-3-1-4-12(9-11)20(17)13-5-6-14-15(10-13)19-8-2-7-18-14/h5-6,10,12H,1-4,7-9H2.